The number of hydrogen-bond acceptors (Lipinski definition) is 6. The van der Waals surface area contributed by atoms with E-state index in [0.717, 1.165) is 67.0 Å². The molecule has 0 fully saturated rings. The summed E-state index contributed by atoms with van der Waals surface area (Å²) in [5.74, 6) is -2.99. The molecule has 0 bridgehead atoms. The van der Waals surface area contributed by atoms with Gasteiger partial charge >= 0.3 is 11.9 Å². The number of ketones is 2. The summed E-state index contributed by atoms with van der Waals surface area (Å²) >= 11 is 0. The minimum Gasteiger partial charge on any atom is -0.463 e. The lowest BCUT2D eigenvalue weighted by Crippen LogP contribution is -2.15. The highest BCUT2D eigenvalue weighted by molar-refractivity contribution is 6.43. The summed E-state index contributed by atoms with van der Waals surface area (Å²) < 4.78 is 13.3. The molecule has 8 heteroatoms. The molecule has 2 heterocycles. The molecule has 4 rings (SSSR count). The summed E-state index contributed by atoms with van der Waals surface area (Å²) in [5, 5.41) is 1.50. The first-order valence-electron chi connectivity index (χ1n) is 12.4. The molecular formula is C29H30N2O6. The summed E-state index contributed by atoms with van der Waals surface area (Å²) in [6, 6.07) is 15.1. The van der Waals surface area contributed by atoms with Gasteiger partial charge in [-0.15, -0.1) is 0 Å². The van der Waals surface area contributed by atoms with Crippen molar-refractivity contribution in [1.29, 1.82) is 0 Å². The van der Waals surface area contributed by atoms with Gasteiger partial charge in [0.2, 0.25) is 0 Å². The first-order chi connectivity index (χ1) is 18.0. The highest BCUT2D eigenvalue weighted by atomic mass is 16.5. The number of carbonyl (C=O) groups is 4. The molecule has 0 N–H and O–H groups in total. The van der Waals surface area contributed by atoms with Gasteiger partial charge in [0.25, 0.3) is 11.6 Å². The minimum absolute atomic E-state index is 0.367. The largest absolute Gasteiger partial charge is 0.463 e. The predicted molar refractivity (Wildman–Crippen MR) is 140 cm³/mol. The van der Waals surface area contributed by atoms with Crippen molar-refractivity contribution in [3.63, 3.8) is 0 Å². The SMILES string of the molecule is COC(=O)C(=O)c1cn(CCCCCCCn2cc(C(=O)C(=O)OC)c3ccccc32)c2ccccc12. The highest BCUT2D eigenvalue weighted by Gasteiger charge is 2.23. The number of aryl methyl sites for hydroxylation is 2. The van der Waals surface area contributed by atoms with Crippen LogP contribution in [0.2, 0.25) is 0 Å². The van der Waals surface area contributed by atoms with Crippen LogP contribution in [-0.2, 0) is 32.2 Å². The smallest absolute Gasteiger partial charge is 0.379 e. The van der Waals surface area contributed by atoms with Crippen LogP contribution in [0.5, 0.6) is 0 Å². The van der Waals surface area contributed by atoms with Gasteiger partial charge in [-0.3, -0.25) is 9.59 Å². The predicted octanol–water partition coefficient (Wildman–Crippen LogP) is 4.96. The van der Waals surface area contributed by atoms with Gasteiger partial charge in [0.05, 0.1) is 25.3 Å². The first kappa shape index (κ1) is 25.9. The van der Waals surface area contributed by atoms with Crippen molar-refractivity contribution in [3.8, 4) is 0 Å². The fraction of sp³-hybridized carbons (Fsp3) is 0.310. The Morgan fingerprint density at radius 3 is 1.38 bits per heavy atom. The Balaban J connectivity index is 1.30. The van der Waals surface area contributed by atoms with E-state index in [9.17, 15) is 19.2 Å². The van der Waals surface area contributed by atoms with Gasteiger partial charge in [0, 0.05) is 47.3 Å². The third kappa shape index (κ3) is 5.48. The number of rotatable bonds is 12. The monoisotopic (exact) mass is 502 g/mol. The van der Waals surface area contributed by atoms with Crippen LogP contribution in [0.4, 0.5) is 0 Å². The molecule has 0 spiro atoms. The van der Waals surface area contributed by atoms with E-state index in [0.29, 0.717) is 11.1 Å². The minimum atomic E-state index is -0.861. The molecule has 0 radical (unpaired) electrons. The van der Waals surface area contributed by atoms with E-state index in [1.54, 1.807) is 12.4 Å². The Bertz CT molecular complexity index is 1350. The molecule has 192 valence electrons. The zero-order chi connectivity index (χ0) is 26.4. The second-order valence-corrected chi connectivity index (χ2v) is 8.92. The summed E-state index contributed by atoms with van der Waals surface area (Å²) in [6.07, 6.45) is 8.45. The van der Waals surface area contributed by atoms with Crippen molar-refractivity contribution in [3.05, 3.63) is 72.1 Å². The summed E-state index contributed by atoms with van der Waals surface area (Å²) in [7, 11) is 2.41. The molecule has 4 aromatic rings. The quantitative estimate of drug-likeness (QED) is 0.118. The number of Topliss-reactive ketones (excluding diaryl/α,β-unsaturated/α-hetero) is 2. The molecule has 0 unspecified atom stereocenters. The lowest BCUT2D eigenvalue weighted by Gasteiger charge is -2.07. The van der Waals surface area contributed by atoms with Gasteiger partial charge in [-0.25, -0.2) is 9.59 Å². The summed E-state index contributed by atoms with van der Waals surface area (Å²) in [6.45, 7) is 1.49. The van der Waals surface area contributed by atoms with Gasteiger partial charge in [-0.1, -0.05) is 55.7 Å². The van der Waals surface area contributed by atoms with Crippen molar-refractivity contribution < 1.29 is 28.7 Å². The van der Waals surface area contributed by atoms with Gasteiger partial charge in [-0.2, -0.15) is 0 Å². The van der Waals surface area contributed by atoms with Crippen LogP contribution in [0.15, 0.2) is 60.9 Å². The molecule has 0 saturated heterocycles. The number of para-hydroxylation sites is 2. The van der Waals surface area contributed by atoms with Crippen LogP contribution in [0, 0.1) is 0 Å². The van der Waals surface area contributed by atoms with E-state index in [-0.39, 0.29) is 0 Å². The lowest BCUT2D eigenvalue weighted by atomic mass is 10.1. The third-order valence-electron chi connectivity index (χ3n) is 6.61. The number of aromatic nitrogens is 2. The van der Waals surface area contributed by atoms with Gasteiger partial charge in [0.15, 0.2) is 0 Å². The second-order valence-electron chi connectivity index (χ2n) is 8.92. The fourth-order valence-corrected chi connectivity index (χ4v) is 4.73. The number of unbranched alkanes of at least 4 members (excludes halogenated alkanes) is 4. The summed E-state index contributed by atoms with van der Waals surface area (Å²) in [5.41, 5.74) is 2.58. The average molecular weight is 503 g/mol. The van der Waals surface area contributed by atoms with Gasteiger partial charge < -0.3 is 18.6 Å². The molecule has 0 aliphatic heterocycles. The van der Waals surface area contributed by atoms with E-state index < -0.39 is 23.5 Å². The van der Waals surface area contributed by atoms with Crippen molar-refractivity contribution >= 4 is 45.3 Å². The number of esters is 2. The Hall–Kier alpha value is -4.20. The molecular weight excluding hydrogens is 472 g/mol. The zero-order valence-electron chi connectivity index (χ0n) is 21.1. The lowest BCUT2D eigenvalue weighted by molar-refractivity contribution is -0.135. The second kappa shape index (κ2) is 11.7. The van der Waals surface area contributed by atoms with Crippen molar-refractivity contribution in [2.24, 2.45) is 0 Å². The van der Waals surface area contributed by atoms with Crippen molar-refractivity contribution in [1.82, 2.24) is 9.13 Å². The molecule has 0 aliphatic carbocycles. The molecule has 8 nitrogen and oxygen atoms in total. The maximum Gasteiger partial charge on any atom is 0.379 e. The van der Waals surface area contributed by atoms with E-state index in [2.05, 4.69) is 9.47 Å². The van der Waals surface area contributed by atoms with Gasteiger partial charge in [-0.05, 0) is 25.0 Å². The molecule has 37 heavy (non-hydrogen) atoms. The van der Waals surface area contributed by atoms with Crippen LogP contribution < -0.4 is 0 Å². The maximum atomic E-state index is 12.4. The number of benzene rings is 2. The number of hydrogen-bond donors (Lipinski definition) is 0. The first-order valence-corrected chi connectivity index (χ1v) is 12.4. The van der Waals surface area contributed by atoms with Crippen LogP contribution in [0.1, 0.15) is 52.8 Å². The molecule has 0 aliphatic rings. The number of carbonyl (C=O) groups excluding carboxylic acids is 4. The standard InChI is InChI=1S/C29H30N2O6/c1-36-28(34)26(32)22-18-30(24-14-8-6-12-20(22)24)16-10-4-3-5-11-17-31-19-23(27(33)29(35)37-2)21-13-7-9-15-25(21)31/h6-9,12-15,18-19H,3-5,10-11,16-17H2,1-2H3. The van der Waals surface area contributed by atoms with E-state index >= 15 is 0 Å². The number of methoxy groups -OCH3 is 2. The Kier molecular flexibility index (Phi) is 8.18. The molecule has 2 aromatic carbocycles. The van der Waals surface area contributed by atoms with Crippen molar-refractivity contribution in [2.75, 3.05) is 14.2 Å². The van der Waals surface area contributed by atoms with Crippen LogP contribution in [-0.4, -0.2) is 46.9 Å². The van der Waals surface area contributed by atoms with Crippen LogP contribution in [0.25, 0.3) is 21.8 Å². The third-order valence-corrected chi connectivity index (χ3v) is 6.61. The number of ether oxygens (including phenoxy) is 2. The van der Waals surface area contributed by atoms with Gasteiger partial charge in [0.1, 0.15) is 0 Å². The molecule has 2 aromatic heterocycles. The number of fused-ring (bicyclic) bond motifs is 2. The Labute approximate surface area is 214 Å². The fourth-order valence-electron chi connectivity index (χ4n) is 4.73. The van der Waals surface area contributed by atoms with Crippen LogP contribution >= 0.6 is 0 Å². The number of nitrogens with zero attached hydrogens (tertiary/aromatic N) is 2. The van der Waals surface area contributed by atoms with E-state index in [4.69, 9.17) is 0 Å². The highest BCUT2D eigenvalue weighted by Crippen LogP contribution is 2.24. The van der Waals surface area contributed by atoms with Crippen molar-refractivity contribution in [2.45, 2.75) is 45.2 Å². The molecule has 0 saturated carbocycles. The Morgan fingerprint density at radius 2 is 0.973 bits per heavy atom. The topological polar surface area (TPSA) is 96.6 Å². The average Bonchev–Trinajstić information content (AvgIpc) is 3.49. The van der Waals surface area contributed by atoms with E-state index in [1.165, 1.54) is 14.2 Å². The summed E-state index contributed by atoms with van der Waals surface area (Å²) in [4.78, 5) is 48.3. The van der Waals surface area contributed by atoms with Crippen LogP contribution in [0.3, 0.4) is 0 Å². The normalized spacial score (nSPS) is 11.1. The Morgan fingerprint density at radius 1 is 0.595 bits per heavy atom. The zero-order valence-corrected chi connectivity index (χ0v) is 21.1. The van der Waals surface area contributed by atoms with E-state index in [1.807, 2.05) is 57.7 Å². The molecule has 0 amide bonds. The molecule has 0 atom stereocenters. The maximum absolute atomic E-state index is 12.4.